The van der Waals surface area contributed by atoms with Crippen LogP contribution in [0, 0.1) is 0 Å². The fourth-order valence-corrected chi connectivity index (χ4v) is 4.11. The van der Waals surface area contributed by atoms with E-state index >= 15 is 0 Å². The summed E-state index contributed by atoms with van der Waals surface area (Å²) in [6.07, 6.45) is 18.7. The van der Waals surface area contributed by atoms with Gasteiger partial charge in [-0.3, -0.25) is 4.79 Å². The minimum atomic E-state index is 0.0366. The third-order valence-electron chi connectivity index (χ3n) is 4.64. The van der Waals surface area contributed by atoms with Gasteiger partial charge in [0.2, 0.25) is 0 Å². The Balaban J connectivity index is 3.77. The van der Waals surface area contributed by atoms with Crippen molar-refractivity contribution in [2.75, 3.05) is 12.4 Å². The number of ether oxygens (including phenoxy) is 1. The van der Waals surface area contributed by atoms with Crippen LogP contribution < -0.4 is 0 Å². The van der Waals surface area contributed by atoms with E-state index in [0.29, 0.717) is 6.61 Å². The van der Waals surface area contributed by atoms with E-state index in [1.54, 1.807) is 0 Å². The number of hydrogen-bond acceptors (Lipinski definition) is 3. The first kappa shape index (κ1) is 24.8. The standard InChI is InChI=1S/C22H44O2S/c1-4-7-10-12-13-14-15-17-20-25-21(18-9-6-3)22(23)24-19-16-11-8-5-2/h21H,4-20H2,1-3H3. The SMILES string of the molecule is CCCCCCCCCCSC(CCCC)C(=O)OCCCCCC. The van der Waals surface area contributed by atoms with E-state index in [4.69, 9.17) is 4.74 Å². The Hall–Kier alpha value is -0.180. The summed E-state index contributed by atoms with van der Waals surface area (Å²) in [5, 5.41) is 0.0654. The number of unbranched alkanes of at least 4 members (excludes halogenated alkanes) is 11. The smallest absolute Gasteiger partial charge is 0.319 e. The van der Waals surface area contributed by atoms with E-state index in [0.717, 1.165) is 31.4 Å². The van der Waals surface area contributed by atoms with E-state index in [9.17, 15) is 4.79 Å². The highest BCUT2D eigenvalue weighted by atomic mass is 32.2. The van der Waals surface area contributed by atoms with Crippen LogP contribution in [0.1, 0.15) is 117 Å². The maximum absolute atomic E-state index is 12.3. The number of esters is 1. The highest BCUT2D eigenvalue weighted by Gasteiger charge is 2.19. The Morgan fingerprint density at radius 1 is 0.720 bits per heavy atom. The molecule has 1 unspecified atom stereocenters. The molecular weight excluding hydrogens is 328 g/mol. The molecule has 25 heavy (non-hydrogen) atoms. The molecule has 0 spiro atoms. The second kappa shape index (κ2) is 20.1. The minimum absolute atomic E-state index is 0.0366. The van der Waals surface area contributed by atoms with E-state index in [-0.39, 0.29) is 11.2 Å². The molecule has 0 saturated carbocycles. The summed E-state index contributed by atoms with van der Waals surface area (Å²) in [6, 6.07) is 0. The normalized spacial score (nSPS) is 12.3. The van der Waals surface area contributed by atoms with Crippen molar-refractivity contribution < 1.29 is 9.53 Å². The highest BCUT2D eigenvalue weighted by Crippen LogP contribution is 2.21. The molecule has 150 valence electrons. The second-order valence-corrected chi connectivity index (χ2v) is 8.52. The Labute approximate surface area is 162 Å². The lowest BCUT2D eigenvalue weighted by Gasteiger charge is -2.15. The second-order valence-electron chi connectivity index (χ2n) is 7.20. The molecular formula is C22H44O2S. The molecule has 0 radical (unpaired) electrons. The molecule has 2 nitrogen and oxygen atoms in total. The number of carbonyl (C=O) groups is 1. The van der Waals surface area contributed by atoms with E-state index in [2.05, 4.69) is 20.8 Å². The van der Waals surface area contributed by atoms with Crippen LogP contribution in [0.25, 0.3) is 0 Å². The summed E-state index contributed by atoms with van der Waals surface area (Å²) in [5.41, 5.74) is 0. The number of hydrogen-bond donors (Lipinski definition) is 0. The van der Waals surface area contributed by atoms with Gasteiger partial charge in [-0.2, -0.15) is 0 Å². The monoisotopic (exact) mass is 372 g/mol. The topological polar surface area (TPSA) is 26.3 Å². The molecule has 0 rings (SSSR count). The van der Waals surface area contributed by atoms with Crippen molar-refractivity contribution in [1.29, 1.82) is 0 Å². The molecule has 0 aromatic rings. The zero-order valence-corrected chi connectivity index (χ0v) is 18.1. The number of carbonyl (C=O) groups excluding carboxylic acids is 1. The zero-order valence-electron chi connectivity index (χ0n) is 17.3. The third kappa shape index (κ3) is 17.0. The van der Waals surface area contributed by atoms with Crippen LogP contribution in [0.2, 0.25) is 0 Å². The fraction of sp³-hybridized carbons (Fsp3) is 0.955. The van der Waals surface area contributed by atoms with Gasteiger partial charge < -0.3 is 4.74 Å². The maximum Gasteiger partial charge on any atom is 0.319 e. The summed E-state index contributed by atoms with van der Waals surface area (Å²) in [4.78, 5) is 12.3. The lowest BCUT2D eigenvalue weighted by Crippen LogP contribution is -2.21. The molecule has 0 N–H and O–H groups in total. The maximum atomic E-state index is 12.3. The molecule has 0 aromatic heterocycles. The van der Waals surface area contributed by atoms with Gasteiger partial charge in [-0.05, 0) is 25.0 Å². The summed E-state index contributed by atoms with van der Waals surface area (Å²) < 4.78 is 5.52. The van der Waals surface area contributed by atoms with E-state index in [1.807, 2.05) is 11.8 Å². The summed E-state index contributed by atoms with van der Waals surface area (Å²) in [5.74, 6) is 1.14. The van der Waals surface area contributed by atoms with Crippen LogP contribution in [-0.2, 0) is 9.53 Å². The molecule has 0 amide bonds. The summed E-state index contributed by atoms with van der Waals surface area (Å²) in [7, 11) is 0. The molecule has 0 saturated heterocycles. The average Bonchev–Trinajstić information content (AvgIpc) is 2.62. The predicted octanol–water partition coefficient (Wildman–Crippen LogP) is 7.54. The van der Waals surface area contributed by atoms with Crippen LogP contribution >= 0.6 is 11.8 Å². The van der Waals surface area contributed by atoms with Crippen LogP contribution in [0.5, 0.6) is 0 Å². The van der Waals surface area contributed by atoms with Crippen LogP contribution in [0.3, 0.4) is 0 Å². The van der Waals surface area contributed by atoms with E-state index < -0.39 is 0 Å². The van der Waals surface area contributed by atoms with Gasteiger partial charge in [-0.25, -0.2) is 0 Å². The summed E-state index contributed by atoms with van der Waals surface area (Å²) in [6.45, 7) is 7.27. The van der Waals surface area contributed by atoms with Crippen molar-refractivity contribution in [3.05, 3.63) is 0 Å². The van der Waals surface area contributed by atoms with Gasteiger partial charge in [0.25, 0.3) is 0 Å². The van der Waals surface area contributed by atoms with Crippen LogP contribution in [-0.4, -0.2) is 23.6 Å². The van der Waals surface area contributed by atoms with Gasteiger partial charge in [0.05, 0.1) is 6.61 Å². The lowest BCUT2D eigenvalue weighted by molar-refractivity contribution is -0.143. The van der Waals surface area contributed by atoms with Gasteiger partial charge in [0, 0.05) is 0 Å². The molecule has 0 aliphatic heterocycles. The average molecular weight is 373 g/mol. The quantitative estimate of drug-likeness (QED) is 0.173. The van der Waals surface area contributed by atoms with Gasteiger partial charge in [-0.1, -0.05) is 97.8 Å². The first-order valence-corrected chi connectivity index (χ1v) is 12.1. The molecule has 0 heterocycles. The fourth-order valence-electron chi connectivity index (χ4n) is 2.91. The summed E-state index contributed by atoms with van der Waals surface area (Å²) >= 11 is 1.84. The van der Waals surface area contributed by atoms with Crippen LogP contribution in [0.15, 0.2) is 0 Å². The van der Waals surface area contributed by atoms with Crippen molar-refractivity contribution in [2.45, 2.75) is 122 Å². The molecule has 1 atom stereocenters. The lowest BCUT2D eigenvalue weighted by atomic mass is 10.1. The molecule has 0 fully saturated rings. The largest absolute Gasteiger partial charge is 0.465 e. The van der Waals surface area contributed by atoms with Gasteiger partial charge in [0.15, 0.2) is 0 Å². The Bertz CT molecular complexity index is 281. The Morgan fingerprint density at radius 2 is 1.24 bits per heavy atom. The van der Waals surface area contributed by atoms with Crippen LogP contribution in [0.4, 0.5) is 0 Å². The van der Waals surface area contributed by atoms with Crippen molar-refractivity contribution in [3.63, 3.8) is 0 Å². The third-order valence-corrected chi connectivity index (χ3v) is 6.00. The zero-order chi connectivity index (χ0) is 18.6. The molecule has 3 heteroatoms. The number of rotatable bonds is 19. The molecule has 0 bridgehead atoms. The predicted molar refractivity (Wildman–Crippen MR) is 113 cm³/mol. The van der Waals surface area contributed by atoms with Gasteiger partial charge in [-0.15, -0.1) is 11.8 Å². The highest BCUT2D eigenvalue weighted by molar-refractivity contribution is 8.00. The van der Waals surface area contributed by atoms with Crippen molar-refractivity contribution in [2.24, 2.45) is 0 Å². The van der Waals surface area contributed by atoms with Crippen molar-refractivity contribution in [1.82, 2.24) is 0 Å². The Morgan fingerprint density at radius 3 is 1.84 bits per heavy atom. The first-order chi connectivity index (χ1) is 12.3. The number of thioether (sulfide) groups is 1. The minimum Gasteiger partial charge on any atom is -0.465 e. The molecule has 0 aromatic carbocycles. The molecule has 0 aliphatic carbocycles. The van der Waals surface area contributed by atoms with Crippen molar-refractivity contribution >= 4 is 17.7 Å². The van der Waals surface area contributed by atoms with Crippen molar-refractivity contribution in [3.8, 4) is 0 Å². The first-order valence-electron chi connectivity index (χ1n) is 11.0. The van der Waals surface area contributed by atoms with Gasteiger partial charge >= 0.3 is 5.97 Å². The van der Waals surface area contributed by atoms with Gasteiger partial charge in [0.1, 0.15) is 5.25 Å². The van der Waals surface area contributed by atoms with E-state index in [1.165, 1.54) is 70.6 Å². The Kier molecular flexibility index (Phi) is 20.0. The molecule has 0 aliphatic rings.